The number of fused-ring (bicyclic) bond motifs is 2. The zero-order chi connectivity index (χ0) is 19.7. The minimum atomic E-state index is -0.576. The molecule has 0 spiro atoms. The van der Waals surface area contributed by atoms with Crippen molar-refractivity contribution in [1.29, 1.82) is 0 Å². The van der Waals surface area contributed by atoms with Crippen LogP contribution in [0, 0.1) is 0 Å². The molecule has 0 unspecified atom stereocenters. The third kappa shape index (κ3) is 3.37. The number of nitrogens with one attached hydrogen (secondary N) is 1. The second-order valence-corrected chi connectivity index (χ2v) is 6.88. The van der Waals surface area contributed by atoms with Crippen LogP contribution < -0.4 is 10.7 Å². The number of anilines is 1. The Morgan fingerprint density at radius 2 is 2.00 bits per heavy atom. The number of carbonyl (C=O) groups is 2. The van der Waals surface area contributed by atoms with E-state index in [1.165, 1.54) is 11.3 Å². The summed E-state index contributed by atoms with van der Waals surface area (Å²) in [5, 5.41) is 3.37. The molecule has 0 aliphatic heterocycles. The van der Waals surface area contributed by atoms with E-state index in [1.54, 1.807) is 49.4 Å². The summed E-state index contributed by atoms with van der Waals surface area (Å²) in [6.07, 6.45) is 0. The zero-order valence-electron chi connectivity index (χ0n) is 14.7. The summed E-state index contributed by atoms with van der Waals surface area (Å²) >= 11 is 1.21. The fourth-order valence-corrected chi connectivity index (χ4v) is 3.59. The molecule has 7 nitrogen and oxygen atoms in total. The lowest BCUT2D eigenvalue weighted by Gasteiger charge is -2.02. The Morgan fingerprint density at radius 1 is 1.18 bits per heavy atom. The minimum absolute atomic E-state index is 0.102. The molecule has 0 aliphatic rings. The molecule has 4 aromatic rings. The van der Waals surface area contributed by atoms with E-state index < -0.39 is 11.9 Å². The highest BCUT2D eigenvalue weighted by Crippen LogP contribution is 2.27. The summed E-state index contributed by atoms with van der Waals surface area (Å²) in [5.41, 5.74) is 1.09. The first-order valence-corrected chi connectivity index (χ1v) is 9.29. The number of rotatable bonds is 4. The number of amides is 1. The first-order chi connectivity index (χ1) is 13.5. The van der Waals surface area contributed by atoms with Crippen molar-refractivity contribution in [1.82, 2.24) is 4.98 Å². The van der Waals surface area contributed by atoms with Crippen molar-refractivity contribution in [2.75, 3.05) is 11.9 Å². The maximum atomic E-state index is 12.5. The van der Waals surface area contributed by atoms with Crippen LogP contribution >= 0.6 is 11.3 Å². The highest BCUT2D eigenvalue weighted by atomic mass is 32.1. The largest absolute Gasteiger partial charge is 0.462 e. The summed E-state index contributed by atoms with van der Waals surface area (Å²) < 4.78 is 11.2. The van der Waals surface area contributed by atoms with Crippen LogP contribution in [0.4, 0.5) is 5.13 Å². The first kappa shape index (κ1) is 17.9. The van der Waals surface area contributed by atoms with Crippen molar-refractivity contribution >= 4 is 49.5 Å². The average molecular weight is 394 g/mol. The summed E-state index contributed by atoms with van der Waals surface area (Å²) in [7, 11) is 0. The standard InChI is InChI=1S/C20H14N2O5S/c1-2-26-19(25)11-7-8-13-17(9-11)28-20(21-13)22-18(24)16-10-14(23)12-5-3-4-6-15(12)27-16/h3-10H,2H2,1H3,(H,21,22,24). The topological polar surface area (TPSA) is 98.5 Å². The van der Waals surface area contributed by atoms with Gasteiger partial charge >= 0.3 is 5.97 Å². The Hall–Kier alpha value is -3.52. The Bertz CT molecular complexity index is 1270. The molecule has 8 heteroatoms. The predicted molar refractivity (Wildman–Crippen MR) is 106 cm³/mol. The summed E-state index contributed by atoms with van der Waals surface area (Å²) in [4.78, 5) is 40.8. The van der Waals surface area contributed by atoms with Gasteiger partial charge < -0.3 is 9.15 Å². The highest BCUT2D eigenvalue weighted by molar-refractivity contribution is 7.22. The number of aromatic nitrogens is 1. The summed E-state index contributed by atoms with van der Waals surface area (Å²) in [5.74, 6) is -1.09. The van der Waals surface area contributed by atoms with Gasteiger partial charge in [0.15, 0.2) is 16.3 Å². The molecule has 0 bridgehead atoms. The molecule has 0 aliphatic carbocycles. The molecule has 0 saturated heterocycles. The van der Waals surface area contributed by atoms with Gasteiger partial charge in [-0.2, -0.15) is 0 Å². The quantitative estimate of drug-likeness (QED) is 0.528. The van der Waals surface area contributed by atoms with Gasteiger partial charge in [0.05, 0.1) is 27.8 Å². The molecule has 4 rings (SSSR count). The highest BCUT2D eigenvalue weighted by Gasteiger charge is 2.15. The van der Waals surface area contributed by atoms with Crippen molar-refractivity contribution in [2.24, 2.45) is 0 Å². The normalized spacial score (nSPS) is 10.9. The SMILES string of the molecule is CCOC(=O)c1ccc2nc(NC(=O)c3cc(=O)c4ccccc4o3)sc2c1. The van der Waals surface area contributed by atoms with Gasteiger partial charge in [0.2, 0.25) is 0 Å². The Morgan fingerprint density at radius 3 is 2.82 bits per heavy atom. The molecule has 0 fully saturated rings. The van der Waals surface area contributed by atoms with Crippen molar-refractivity contribution in [3.63, 3.8) is 0 Å². The third-order valence-corrected chi connectivity index (χ3v) is 4.91. The molecule has 2 heterocycles. The second kappa shape index (κ2) is 7.24. The number of para-hydroxylation sites is 1. The van der Waals surface area contributed by atoms with Crippen LogP contribution in [0.5, 0.6) is 0 Å². The monoisotopic (exact) mass is 394 g/mol. The maximum Gasteiger partial charge on any atom is 0.338 e. The number of hydrogen-bond donors (Lipinski definition) is 1. The molecule has 2 aromatic carbocycles. The van der Waals surface area contributed by atoms with E-state index in [1.807, 2.05) is 0 Å². The molecule has 28 heavy (non-hydrogen) atoms. The van der Waals surface area contributed by atoms with E-state index >= 15 is 0 Å². The van der Waals surface area contributed by atoms with Gasteiger partial charge in [0, 0.05) is 6.07 Å². The van der Waals surface area contributed by atoms with Crippen LogP contribution in [0.1, 0.15) is 27.8 Å². The second-order valence-electron chi connectivity index (χ2n) is 5.85. The number of benzene rings is 2. The molecule has 140 valence electrons. The van der Waals surface area contributed by atoms with Crippen LogP contribution in [-0.2, 0) is 4.74 Å². The van der Waals surface area contributed by atoms with Crippen molar-refractivity contribution in [2.45, 2.75) is 6.92 Å². The van der Waals surface area contributed by atoms with Crippen molar-refractivity contribution < 1.29 is 18.7 Å². The molecule has 2 aromatic heterocycles. The lowest BCUT2D eigenvalue weighted by atomic mass is 10.2. The summed E-state index contributed by atoms with van der Waals surface area (Å²) in [6, 6.07) is 12.8. The third-order valence-electron chi connectivity index (χ3n) is 3.98. The van der Waals surface area contributed by atoms with E-state index in [2.05, 4.69) is 10.3 Å². The number of esters is 1. The number of ether oxygens (including phenoxy) is 1. The van der Waals surface area contributed by atoms with E-state index in [0.717, 1.165) is 10.8 Å². The Balaban J connectivity index is 1.62. The molecule has 0 radical (unpaired) electrons. The fourth-order valence-electron chi connectivity index (χ4n) is 2.69. The smallest absolute Gasteiger partial charge is 0.338 e. The Labute approximate surface area is 162 Å². The van der Waals surface area contributed by atoms with Crippen LogP contribution in [0.2, 0.25) is 0 Å². The van der Waals surface area contributed by atoms with Gasteiger partial charge in [-0.1, -0.05) is 23.5 Å². The number of thiazole rings is 1. The zero-order valence-corrected chi connectivity index (χ0v) is 15.5. The number of hydrogen-bond acceptors (Lipinski definition) is 7. The average Bonchev–Trinajstić information content (AvgIpc) is 3.09. The Kier molecular flexibility index (Phi) is 4.62. The lowest BCUT2D eigenvalue weighted by Crippen LogP contribution is -2.14. The predicted octanol–water partition coefficient (Wildman–Crippen LogP) is 3.83. The van der Waals surface area contributed by atoms with Gasteiger partial charge in [-0.05, 0) is 37.3 Å². The first-order valence-electron chi connectivity index (χ1n) is 8.47. The van der Waals surface area contributed by atoms with Gasteiger partial charge in [-0.3, -0.25) is 14.9 Å². The van der Waals surface area contributed by atoms with E-state index in [4.69, 9.17) is 9.15 Å². The molecular weight excluding hydrogens is 380 g/mol. The van der Waals surface area contributed by atoms with Crippen LogP contribution in [0.25, 0.3) is 21.2 Å². The molecule has 0 saturated carbocycles. The molecule has 1 amide bonds. The minimum Gasteiger partial charge on any atom is -0.462 e. The van der Waals surface area contributed by atoms with Crippen LogP contribution in [-0.4, -0.2) is 23.5 Å². The molecule has 0 atom stereocenters. The van der Waals surface area contributed by atoms with Gasteiger partial charge in [0.1, 0.15) is 5.58 Å². The van der Waals surface area contributed by atoms with Gasteiger partial charge in [-0.15, -0.1) is 0 Å². The number of carbonyl (C=O) groups excluding carboxylic acids is 2. The van der Waals surface area contributed by atoms with Crippen molar-refractivity contribution in [3.05, 3.63) is 70.1 Å². The molecule has 1 N–H and O–H groups in total. The number of nitrogens with zero attached hydrogens (tertiary/aromatic N) is 1. The van der Waals surface area contributed by atoms with Gasteiger partial charge in [0.25, 0.3) is 5.91 Å². The van der Waals surface area contributed by atoms with Gasteiger partial charge in [-0.25, -0.2) is 9.78 Å². The van der Waals surface area contributed by atoms with E-state index in [0.29, 0.717) is 27.2 Å². The van der Waals surface area contributed by atoms with Crippen LogP contribution in [0.15, 0.2) is 57.7 Å². The van der Waals surface area contributed by atoms with E-state index in [9.17, 15) is 14.4 Å². The maximum absolute atomic E-state index is 12.5. The van der Waals surface area contributed by atoms with Crippen LogP contribution in [0.3, 0.4) is 0 Å². The summed E-state index contributed by atoms with van der Waals surface area (Å²) in [6.45, 7) is 2.03. The fraction of sp³-hybridized carbons (Fsp3) is 0.100. The van der Waals surface area contributed by atoms with E-state index in [-0.39, 0.29) is 17.8 Å². The van der Waals surface area contributed by atoms with Crippen molar-refractivity contribution in [3.8, 4) is 0 Å². The lowest BCUT2D eigenvalue weighted by molar-refractivity contribution is 0.0526. The molecular formula is C20H14N2O5S.